The minimum absolute atomic E-state index is 0.0405. The molecule has 3 rings (SSSR count). The van der Waals surface area contributed by atoms with Gasteiger partial charge in [-0.2, -0.15) is 0 Å². The van der Waals surface area contributed by atoms with Gasteiger partial charge < -0.3 is 9.55 Å². The highest BCUT2D eigenvalue weighted by atomic mass is 16.6. The van der Waals surface area contributed by atoms with E-state index in [0.29, 0.717) is 22.6 Å². The van der Waals surface area contributed by atoms with Crippen molar-refractivity contribution in [3.8, 4) is 11.5 Å². The summed E-state index contributed by atoms with van der Waals surface area (Å²) >= 11 is 0. The Morgan fingerprint density at radius 2 is 2.28 bits per heavy atom. The first-order chi connectivity index (χ1) is 8.63. The minimum Gasteiger partial charge on any atom is -0.340 e. The molecular formula is C11H9N5O2. The van der Waals surface area contributed by atoms with Crippen molar-refractivity contribution in [1.82, 2.24) is 19.5 Å². The topological polar surface area (TPSA) is 89.6 Å². The van der Waals surface area contributed by atoms with Crippen molar-refractivity contribution >= 4 is 16.7 Å². The number of hydrogen-bond acceptors (Lipinski definition) is 4. The number of imidazole rings is 2. The van der Waals surface area contributed by atoms with Gasteiger partial charge in [0.25, 0.3) is 5.69 Å². The molecule has 18 heavy (non-hydrogen) atoms. The molecule has 3 aromatic rings. The van der Waals surface area contributed by atoms with Gasteiger partial charge in [-0.25, -0.2) is 9.97 Å². The summed E-state index contributed by atoms with van der Waals surface area (Å²) in [6, 6.07) is 4.52. The third-order valence-corrected chi connectivity index (χ3v) is 2.62. The highest BCUT2D eigenvalue weighted by Crippen LogP contribution is 2.22. The monoisotopic (exact) mass is 243 g/mol. The third kappa shape index (κ3) is 1.61. The number of hydrogen-bond donors (Lipinski definition) is 1. The quantitative estimate of drug-likeness (QED) is 0.549. The van der Waals surface area contributed by atoms with E-state index in [1.54, 1.807) is 12.4 Å². The van der Waals surface area contributed by atoms with E-state index in [4.69, 9.17) is 0 Å². The van der Waals surface area contributed by atoms with Crippen molar-refractivity contribution in [2.24, 2.45) is 7.05 Å². The van der Waals surface area contributed by atoms with Crippen molar-refractivity contribution < 1.29 is 4.92 Å². The maximum atomic E-state index is 10.7. The van der Waals surface area contributed by atoms with Crippen LogP contribution in [0.5, 0.6) is 0 Å². The average molecular weight is 243 g/mol. The van der Waals surface area contributed by atoms with E-state index in [-0.39, 0.29) is 5.69 Å². The fourth-order valence-corrected chi connectivity index (χ4v) is 1.77. The zero-order chi connectivity index (χ0) is 12.7. The van der Waals surface area contributed by atoms with Gasteiger partial charge >= 0.3 is 0 Å². The predicted molar refractivity (Wildman–Crippen MR) is 65.0 cm³/mol. The van der Waals surface area contributed by atoms with Gasteiger partial charge in [0, 0.05) is 25.4 Å². The molecule has 0 atom stereocenters. The van der Waals surface area contributed by atoms with Gasteiger partial charge in [0.15, 0.2) is 5.82 Å². The molecule has 0 saturated heterocycles. The van der Waals surface area contributed by atoms with Crippen molar-refractivity contribution in [2.75, 3.05) is 0 Å². The summed E-state index contributed by atoms with van der Waals surface area (Å²) in [6.45, 7) is 0. The fraction of sp³-hybridized carbons (Fsp3) is 0.0909. The molecule has 7 nitrogen and oxygen atoms in total. The Kier molecular flexibility index (Phi) is 2.12. The molecule has 0 amide bonds. The standard InChI is InChI=1S/C11H9N5O2/c1-15-5-10(12-6-15)11-13-8-3-2-7(16(17)18)4-9(8)14-11/h2-6H,1H3,(H,13,14). The first-order valence-electron chi connectivity index (χ1n) is 5.26. The lowest BCUT2D eigenvalue weighted by Crippen LogP contribution is -1.86. The Labute approximate surface area is 101 Å². The highest BCUT2D eigenvalue weighted by Gasteiger charge is 2.11. The number of aromatic nitrogens is 4. The van der Waals surface area contributed by atoms with Gasteiger partial charge in [0.1, 0.15) is 5.69 Å². The van der Waals surface area contributed by atoms with Crippen molar-refractivity contribution in [1.29, 1.82) is 0 Å². The van der Waals surface area contributed by atoms with Crippen LogP contribution in [0.1, 0.15) is 0 Å². The van der Waals surface area contributed by atoms with E-state index >= 15 is 0 Å². The van der Waals surface area contributed by atoms with E-state index in [1.807, 2.05) is 17.8 Å². The molecule has 0 unspecified atom stereocenters. The van der Waals surface area contributed by atoms with Gasteiger partial charge in [-0.1, -0.05) is 0 Å². The summed E-state index contributed by atoms with van der Waals surface area (Å²) in [4.78, 5) is 21.8. The van der Waals surface area contributed by atoms with Crippen LogP contribution in [0.15, 0.2) is 30.7 Å². The van der Waals surface area contributed by atoms with Crippen LogP contribution < -0.4 is 0 Å². The number of rotatable bonds is 2. The fourth-order valence-electron chi connectivity index (χ4n) is 1.77. The second-order valence-corrected chi connectivity index (χ2v) is 3.97. The molecule has 2 heterocycles. The van der Waals surface area contributed by atoms with Gasteiger partial charge in [-0.3, -0.25) is 10.1 Å². The predicted octanol–water partition coefficient (Wildman–Crippen LogP) is 1.87. The molecule has 0 spiro atoms. The molecule has 0 aliphatic rings. The van der Waals surface area contributed by atoms with Crippen LogP contribution in [0.4, 0.5) is 5.69 Å². The average Bonchev–Trinajstić information content (AvgIpc) is 2.93. The number of benzene rings is 1. The summed E-state index contributed by atoms with van der Waals surface area (Å²) in [5, 5.41) is 10.7. The van der Waals surface area contributed by atoms with Gasteiger partial charge in [-0.15, -0.1) is 0 Å². The number of H-pyrrole nitrogens is 1. The number of non-ortho nitro benzene ring substituents is 1. The van der Waals surface area contributed by atoms with Crippen molar-refractivity contribution in [2.45, 2.75) is 0 Å². The number of aryl methyl sites for hydroxylation is 1. The first-order valence-corrected chi connectivity index (χ1v) is 5.26. The van der Waals surface area contributed by atoms with Crippen LogP contribution >= 0.6 is 0 Å². The van der Waals surface area contributed by atoms with Gasteiger partial charge in [0.05, 0.1) is 22.3 Å². The second kappa shape index (κ2) is 3.66. The molecule has 0 saturated carbocycles. The number of nitro groups is 1. The molecule has 0 aliphatic carbocycles. The number of aromatic amines is 1. The smallest absolute Gasteiger partial charge is 0.271 e. The molecule has 1 N–H and O–H groups in total. The lowest BCUT2D eigenvalue weighted by molar-refractivity contribution is -0.384. The highest BCUT2D eigenvalue weighted by molar-refractivity contribution is 5.80. The summed E-state index contributed by atoms with van der Waals surface area (Å²) in [5.41, 5.74) is 2.06. The molecule has 90 valence electrons. The SMILES string of the molecule is Cn1cnc(-c2nc3ccc([N+](=O)[O-])cc3[nH]2)c1. The minimum atomic E-state index is -0.430. The normalized spacial score (nSPS) is 10.9. The molecule has 2 aromatic heterocycles. The van der Waals surface area contributed by atoms with Crippen LogP contribution in [-0.4, -0.2) is 24.4 Å². The summed E-state index contributed by atoms with van der Waals surface area (Å²) < 4.78 is 1.81. The Bertz CT molecular complexity index is 743. The van der Waals surface area contributed by atoms with Crippen LogP contribution in [0.25, 0.3) is 22.6 Å². The number of fused-ring (bicyclic) bond motifs is 1. The molecule has 1 aromatic carbocycles. The zero-order valence-corrected chi connectivity index (χ0v) is 9.49. The maximum Gasteiger partial charge on any atom is 0.271 e. The van der Waals surface area contributed by atoms with E-state index < -0.39 is 4.92 Å². The van der Waals surface area contributed by atoms with Crippen LogP contribution in [0.3, 0.4) is 0 Å². The van der Waals surface area contributed by atoms with Crippen LogP contribution in [0.2, 0.25) is 0 Å². The summed E-state index contributed by atoms with van der Waals surface area (Å²) in [7, 11) is 1.87. The van der Waals surface area contributed by atoms with Crippen molar-refractivity contribution in [3.63, 3.8) is 0 Å². The van der Waals surface area contributed by atoms with Gasteiger partial charge in [-0.05, 0) is 6.07 Å². The number of nitrogens with one attached hydrogen (secondary N) is 1. The van der Waals surface area contributed by atoms with Crippen molar-refractivity contribution in [3.05, 3.63) is 40.8 Å². The number of nitro benzene ring substituents is 1. The Morgan fingerprint density at radius 3 is 2.94 bits per heavy atom. The molecule has 0 bridgehead atoms. The van der Waals surface area contributed by atoms with E-state index in [2.05, 4.69) is 15.0 Å². The Hall–Kier alpha value is -2.70. The zero-order valence-electron chi connectivity index (χ0n) is 9.49. The Balaban J connectivity index is 2.13. The Morgan fingerprint density at radius 1 is 1.44 bits per heavy atom. The molecule has 0 radical (unpaired) electrons. The number of nitrogens with zero attached hydrogens (tertiary/aromatic N) is 4. The van der Waals surface area contributed by atoms with E-state index in [9.17, 15) is 10.1 Å². The van der Waals surface area contributed by atoms with Gasteiger partial charge in [0.2, 0.25) is 0 Å². The van der Waals surface area contributed by atoms with E-state index in [1.165, 1.54) is 12.1 Å². The van der Waals surface area contributed by atoms with Crippen LogP contribution in [0, 0.1) is 10.1 Å². The molecular weight excluding hydrogens is 234 g/mol. The largest absolute Gasteiger partial charge is 0.340 e. The summed E-state index contributed by atoms with van der Waals surface area (Å²) in [6.07, 6.45) is 3.50. The molecule has 0 aliphatic heterocycles. The second-order valence-electron chi connectivity index (χ2n) is 3.97. The van der Waals surface area contributed by atoms with E-state index in [0.717, 1.165) is 0 Å². The molecule has 7 heteroatoms. The molecule has 0 fully saturated rings. The maximum absolute atomic E-state index is 10.7. The summed E-state index contributed by atoms with van der Waals surface area (Å²) in [5.74, 6) is 0.603. The lowest BCUT2D eigenvalue weighted by atomic mass is 10.3. The van der Waals surface area contributed by atoms with Crippen LogP contribution in [-0.2, 0) is 7.05 Å². The first kappa shape index (κ1) is 10.5. The third-order valence-electron chi connectivity index (χ3n) is 2.62. The lowest BCUT2D eigenvalue weighted by Gasteiger charge is -1.89.